The smallest absolute Gasteiger partial charge is 0.0651 e. The molecule has 62 valence electrons. The Morgan fingerprint density at radius 2 is 2.55 bits per heavy atom. The quantitative estimate of drug-likeness (QED) is 0.397. The van der Waals surface area contributed by atoms with Gasteiger partial charge in [0.05, 0.1) is 5.88 Å². The van der Waals surface area contributed by atoms with Crippen molar-refractivity contribution in [2.24, 2.45) is 5.84 Å². The minimum atomic E-state index is 0.501. The molecule has 4 N–H and O–H groups in total. The van der Waals surface area contributed by atoms with E-state index in [4.69, 9.17) is 5.84 Å². The number of hydrazine groups is 1. The number of rotatable bonds is 1. The minimum absolute atomic E-state index is 0.501. The van der Waals surface area contributed by atoms with Crippen LogP contribution < -0.4 is 16.6 Å². The van der Waals surface area contributed by atoms with Gasteiger partial charge in [0.2, 0.25) is 0 Å². The van der Waals surface area contributed by atoms with E-state index in [0.29, 0.717) is 6.04 Å². The molecule has 2 rings (SSSR count). The lowest BCUT2D eigenvalue weighted by molar-refractivity contribution is 0.471. The summed E-state index contributed by atoms with van der Waals surface area (Å²) in [6.07, 6.45) is 3.45. The van der Waals surface area contributed by atoms with E-state index in [0.717, 1.165) is 18.7 Å². The van der Waals surface area contributed by atoms with Gasteiger partial charge >= 0.3 is 0 Å². The van der Waals surface area contributed by atoms with E-state index in [1.807, 2.05) is 11.8 Å². The lowest BCUT2D eigenvalue weighted by Gasteiger charge is -2.21. The SMILES string of the molecule is NNC1CCC2=C(C1)SCN2. The van der Waals surface area contributed by atoms with Gasteiger partial charge < -0.3 is 5.32 Å². The van der Waals surface area contributed by atoms with E-state index in [2.05, 4.69) is 10.7 Å². The topological polar surface area (TPSA) is 50.1 Å². The maximum absolute atomic E-state index is 5.38. The molecule has 11 heavy (non-hydrogen) atoms. The fraction of sp³-hybridized carbons (Fsp3) is 0.714. The fourth-order valence-electron chi connectivity index (χ4n) is 1.59. The summed E-state index contributed by atoms with van der Waals surface area (Å²) in [6, 6.07) is 0.501. The molecule has 4 heteroatoms. The largest absolute Gasteiger partial charge is 0.378 e. The van der Waals surface area contributed by atoms with Crippen molar-refractivity contribution < 1.29 is 0 Å². The molecule has 0 radical (unpaired) electrons. The van der Waals surface area contributed by atoms with Gasteiger partial charge in [-0.15, -0.1) is 11.8 Å². The van der Waals surface area contributed by atoms with Gasteiger partial charge in [-0.25, -0.2) is 0 Å². The molecule has 1 heterocycles. The Morgan fingerprint density at radius 1 is 1.64 bits per heavy atom. The van der Waals surface area contributed by atoms with Gasteiger partial charge in [-0.05, 0) is 19.3 Å². The average molecular weight is 171 g/mol. The van der Waals surface area contributed by atoms with Gasteiger partial charge in [0.25, 0.3) is 0 Å². The maximum Gasteiger partial charge on any atom is 0.0651 e. The van der Waals surface area contributed by atoms with Crippen molar-refractivity contribution in [1.82, 2.24) is 10.7 Å². The van der Waals surface area contributed by atoms with Crippen LogP contribution in [0.5, 0.6) is 0 Å². The van der Waals surface area contributed by atoms with Crippen LogP contribution in [0.3, 0.4) is 0 Å². The van der Waals surface area contributed by atoms with E-state index in [-0.39, 0.29) is 0 Å². The number of allylic oxidation sites excluding steroid dienone is 1. The Bertz CT molecular complexity index is 190. The second kappa shape index (κ2) is 3.05. The lowest BCUT2D eigenvalue weighted by Crippen LogP contribution is -2.37. The standard InChI is InChI=1S/C7H13N3S/c8-10-5-1-2-6-7(3-5)11-4-9-6/h5,9-10H,1-4,8H2. The molecule has 0 saturated heterocycles. The van der Waals surface area contributed by atoms with Gasteiger partial charge in [-0.1, -0.05) is 0 Å². The van der Waals surface area contributed by atoms with Crippen molar-refractivity contribution in [2.45, 2.75) is 25.3 Å². The first-order valence-electron chi connectivity index (χ1n) is 3.95. The Kier molecular flexibility index (Phi) is 2.07. The Hall–Kier alpha value is -0.190. The molecule has 2 aliphatic rings. The summed E-state index contributed by atoms with van der Waals surface area (Å²) < 4.78 is 0. The molecule has 0 saturated carbocycles. The van der Waals surface area contributed by atoms with Crippen LogP contribution in [-0.4, -0.2) is 11.9 Å². The van der Waals surface area contributed by atoms with Crippen LogP contribution in [0.15, 0.2) is 10.6 Å². The molecule has 1 unspecified atom stereocenters. The van der Waals surface area contributed by atoms with Crippen molar-refractivity contribution in [3.05, 3.63) is 10.6 Å². The highest BCUT2D eigenvalue weighted by Crippen LogP contribution is 2.35. The summed E-state index contributed by atoms with van der Waals surface area (Å²) in [7, 11) is 0. The average Bonchev–Trinajstić information content (AvgIpc) is 2.50. The van der Waals surface area contributed by atoms with Crippen molar-refractivity contribution in [1.29, 1.82) is 0 Å². The van der Waals surface area contributed by atoms with Gasteiger partial charge in [-0.3, -0.25) is 11.3 Å². The zero-order valence-electron chi connectivity index (χ0n) is 6.39. The van der Waals surface area contributed by atoms with Crippen LogP contribution in [0.4, 0.5) is 0 Å². The molecule has 0 aromatic rings. The molecule has 3 nitrogen and oxygen atoms in total. The zero-order valence-corrected chi connectivity index (χ0v) is 7.21. The van der Waals surface area contributed by atoms with E-state index in [1.165, 1.54) is 17.0 Å². The van der Waals surface area contributed by atoms with E-state index >= 15 is 0 Å². The van der Waals surface area contributed by atoms with Gasteiger partial charge in [0.15, 0.2) is 0 Å². The van der Waals surface area contributed by atoms with Crippen LogP contribution in [0, 0.1) is 0 Å². The molecular weight excluding hydrogens is 158 g/mol. The first kappa shape index (κ1) is 7.46. The van der Waals surface area contributed by atoms with Crippen molar-refractivity contribution in [3.63, 3.8) is 0 Å². The molecule has 0 aromatic carbocycles. The normalized spacial score (nSPS) is 30.1. The second-order valence-corrected chi connectivity index (χ2v) is 4.04. The van der Waals surface area contributed by atoms with E-state index < -0.39 is 0 Å². The number of hydrogen-bond acceptors (Lipinski definition) is 4. The van der Waals surface area contributed by atoms with Gasteiger partial charge in [0, 0.05) is 16.6 Å². The van der Waals surface area contributed by atoms with Crippen molar-refractivity contribution >= 4 is 11.8 Å². The molecule has 1 aliphatic heterocycles. The fourth-order valence-corrected chi connectivity index (χ4v) is 2.68. The van der Waals surface area contributed by atoms with Crippen molar-refractivity contribution in [2.75, 3.05) is 5.88 Å². The first-order chi connectivity index (χ1) is 5.40. The van der Waals surface area contributed by atoms with Crippen LogP contribution in [0.25, 0.3) is 0 Å². The predicted octanol–water partition coefficient (Wildman–Crippen LogP) is 0.508. The second-order valence-electron chi connectivity index (χ2n) is 2.97. The van der Waals surface area contributed by atoms with E-state index in [9.17, 15) is 0 Å². The molecule has 0 bridgehead atoms. The zero-order chi connectivity index (χ0) is 7.68. The third-order valence-electron chi connectivity index (χ3n) is 2.28. The maximum atomic E-state index is 5.38. The molecular formula is C7H13N3S. The Morgan fingerprint density at radius 3 is 3.36 bits per heavy atom. The summed E-state index contributed by atoms with van der Waals surface area (Å²) >= 11 is 1.92. The molecule has 0 aromatic heterocycles. The monoisotopic (exact) mass is 171 g/mol. The first-order valence-corrected chi connectivity index (χ1v) is 4.93. The number of thioether (sulfide) groups is 1. The summed E-state index contributed by atoms with van der Waals surface area (Å²) in [6.45, 7) is 0. The Labute approximate surface area is 70.8 Å². The summed E-state index contributed by atoms with van der Waals surface area (Å²) in [4.78, 5) is 1.51. The van der Waals surface area contributed by atoms with Crippen LogP contribution >= 0.6 is 11.8 Å². The van der Waals surface area contributed by atoms with Crippen molar-refractivity contribution in [3.8, 4) is 0 Å². The van der Waals surface area contributed by atoms with Crippen LogP contribution in [0.2, 0.25) is 0 Å². The summed E-state index contributed by atoms with van der Waals surface area (Å²) in [5, 5.41) is 3.38. The number of nitrogens with one attached hydrogen (secondary N) is 2. The van der Waals surface area contributed by atoms with Crippen LogP contribution in [0.1, 0.15) is 19.3 Å². The molecule has 0 amide bonds. The third kappa shape index (κ3) is 1.38. The number of hydrogen-bond donors (Lipinski definition) is 3. The van der Waals surface area contributed by atoms with Gasteiger partial charge in [-0.2, -0.15) is 0 Å². The van der Waals surface area contributed by atoms with Gasteiger partial charge in [0.1, 0.15) is 0 Å². The highest BCUT2D eigenvalue weighted by molar-refractivity contribution is 8.03. The minimum Gasteiger partial charge on any atom is -0.378 e. The third-order valence-corrected chi connectivity index (χ3v) is 3.33. The summed E-state index contributed by atoms with van der Waals surface area (Å²) in [5.41, 5.74) is 4.30. The number of nitrogens with two attached hydrogens (primary N) is 1. The highest BCUT2D eigenvalue weighted by atomic mass is 32.2. The predicted molar refractivity (Wildman–Crippen MR) is 47.6 cm³/mol. The molecule has 0 fully saturated rings. The highest BCUT2D eigenvalue weighted by Gasteiger charge is 2.23. The molecule has 1 atom stereocenters. The lowest BCUT2D eigenvalue weighted by atomic mass is 10.00. The molecule has 1 aliphatic carbocycles. The Balaban J connectivity index is 2.05. The summed E-state index contributed by atoms with van der Waals surface area (Å²) in [5.74, 6) is 6.44. The van der Waals surface area contributed by atoms with E-state index in [1.54, 1.807) is 0 Å². The molecule has 0 spiro atoms. The van der Waals surface area contributed by atoms with Crippen LogP contribution in [-0.2, 0) is 0 Å².